The molecule has 0 spiro atoms. The molecule has 4 N–H and O–H groups in total. The van der Waals surface area contributed by atoms with Crippen molar-refractivity contribution in [2.45, 2.75) is 58.2 Å². The summed E-state index contributed by atoms with van der Waals surface area (Å²) in [4.78, 5) is 30.4. The van der Waals surface area contributed by atoms with Crippen molar-refractivity contribution < 1.29 is 31.9 Å². The van der Waals surface area contributed by atoms with E-state index in [0.29, 0.717) is 23.1 Å². The number of benzene rings is 2. The lowest BCUT2D eigenvalue weighted by Crippen LogP contribution is -2.49. The minimum absolute atomic E-state index is 0.00436. The summed E-state index contributed by atoms with van der Waals surface area (Å²) in [5.41, 5.74) is 7.30. The number of ether oxygens (including phenoxy) is 2. The van der Waals surface area contributed by atoms with Crippen LogP contribution in [0.2, 0.25) is 0 Å². The van der Waals surface area contributed by atoms with Crippen LogP contribution < -0.4 is 21.1 Å². The maximum Gasteiger partial charge on any atom is 0.251 e. The van der Waals surface area contributed by atoms with Crippen LogP contribution in [-0.2, 0) is 21.3 Å². The van der Waals surface area contributed by atoms with Crippen molar-refractivity contribution in [3.05, 3.63) is 70.9 Å². The number of anilines is 1. The monoisotopic (exact) mass is 615 g/mol. The Labute approximate surface area is 253 Å². The first kappa shape index (κ1) is 33.6. The molecule has 0 fully saturated rings. The molecule has 3 aromatic rings. The van der Waals surface area contributed by atoms with Crippen LogP contribution in [-0.4, -0.2) is 69.0 Å². The Morgan fingerprint density at radius 1 is 1.00 bits per heavy atom. The molecule has 0 aliphatic carbocycles. The van der Waals surface area contributed by atoms with Gasteiger partial charge in [-0.25, -0.2) is 13.4 Å². The van der Waals surface area contributed by atoms with Gasteiger partial charge >= 0.3 is 0 Å². The third kappa shape index (κ3) is 8.78. The molecule has 13 heteroatoms. The van der Waals surface area contributed by atoms with Gasteiger partial charge in [0.1, 0.15) is 11.5 Å². The minimum atomic E-state index is -3.87. The van der Waals surface area contributed by atoms with Crippen molar-refractivity contribution in [1.82, 2.24) is 19.9 Å². The highest BCUT2D eigenvalue weighted by Crippen LogP contribution is 2.22. The number of sulfonamides is 1. The molecule has 0 aliphatic rings. The topological polar surface area (TPSA) is 166 Å². The summed E-state index contributed by atoms with van der Waals surface area (Å²) in [6, 6.07) is 9.94. The van der Waals surface area contributed by atoms with E-state index in [1.807, 2.05) is 13.8 Å². The number of nitrogen functional groups attached to an aromatic ring is 1. The largest absolute Gasteiger partial charge is 0.497 e. The van der Waals surface area contributed by atoms with Crippen molar-refractivity contribution in [1.29, 1.82) is 0 Å². The number of methoxy groups -OCH3 is 2. The Bertz CT molecular complexity index is 1520. The number of aryl methyl sites for hydroxylation is 2. The number of oxazole rings is 1. The van der Waals surface area contributed by atoms with Crippen LogP contribution in [0.15, 0.2) is 51.8 Å². The van der Waals surface area contributed by atoms with Gasteiger partial charge in [0.15, 0.2) is 5.89 Å². The van der Waals surface area contributed by atoms with E-state index in [1.165, 1.54) is 48.9 Å². The normalized spacial score (nSPS) is 13.1. The lowest BCUT2D eigenvalue weighted by molar-refractivity contribution is 0.0523. The number of carbonyl (C=O) groups excluding carboxylic acids is 2. The third-order valence-corrected chi connectivity index (χ3v) is 8.60. The molecule has 1 heterocycles. The highest BCUT2D eigenvalue weighted by atomic mass is 32.2. The quantitative estimate of drug-likeness (QED) is 0.231. The van der Waals surface area contributed by atoms with E-state index in [1.54, 1.807) is 32.9 Å². The third-order valence-electron chi connectivity index (χ3n) is 6.76. The smallest absolute Gasteiger partial charge is 0.251 e. The molecular weight excluding hydrogens is 574 g/mol. The first-order valence-corrected chi connectivity index (χ1v) is 15.3. The second-order valence-electron chi connectivity index (χ2n) is 10.7. The average molecular weight is 616 g/mol. The number of nitrogens with zero attached hydrogens (tertiary/aromatic N) is 2. The summed E-state index contributed by atoms with van der Waals surface area (Å²) in [6.45, 7) is 9.44. The van der Waals surface area contributed by atoms with E-state index < -0.39 is 34.0 Å². The molecule has 0 radical (unpaired) electrons. The fourth-order valence-electron chi connectivity index (χ4n) is 4.51. The second kappa shape index (κ2) is 14.5. The number of amides is 2. The summed E-state index contributed by atoms with van der Waals surface area (Å²) in [5.74, 6) is 0.676. The number of rotatable bonds is 14. The van der Waals surface area contributed by atoms with Gasteiger partial charge in [-0.2, -0.15) is 4.31 Å². The summed E-state index contributed by atoms with van der Waals surface area (Å²) in [5, 5.41) is 5.61. The van der Waals surface area contributed by atoms with Crippen molar-refractivity contribution in [3.8, 4) is 5.75 Å². The van der Waals surface area contributed by atoms with Gasteiger partial charge in [0, 0.05) is 43.9 Å². The number of hydrogen-bond donors (Lipinski definition) is 3. The van der Waals surface area contributed by atoms with Gasteiger partial charge in [-0.05, 0) is 62.2 Å². The van der Waals surface area contributed by atoms with Crippen LogP contribution in [0, 0.1) is 19.8 Å². The maximum atomic E-state index is 13.6. The predicted molar refractivity (Wildman–Crippen MR) is 162 cm³/mol. The van der Waals surface area contributed by atoms with Gasteiger partial charge < -0.3 is 30.3 Å². The van der Waals surface area contributed by atoms with Crippen LogP contribution in [0.1, 0.15) is 58.8 Å². The second-order valence-corrected chi connectivity index (χ2v) is 12.6. The molecule has 0 aliphatic heterocycles. The molecule has 0 saturated heterocycles. The van der Waals surface area contributed by atoms with E-state index in [-0.39, 0.29) is 47.3 Å². The van der Waals surface area contributed by atoms with Crippen molar-refractivity contribution in [3.63, 3.8) is 0 Å². The zero-order valence-corrected chi connectivity index (χ0v) is 26.4. The van der Waals surface area contributed by atoms with Gasteiger partial charge in [-0.1, -0.05) is 13.8 Å². The van der Waals surface area contributed by atoms with Crippen LogP contribution in [0.5, 0.6) is 5.75 Å². The highest BCUT2D eigenvalue weighted by molar-refractivity contribution is 7.89. The van der Waals surface area contributed by atoms with E-state index >= 15 is 0 Å². The molecule has 234 valence electrons. The predicted octanol–water partition coefficient (Wildman–Crippen LogP) is 3.29. The van der Waals surface area contributed by atoms with Crippen LogP contribution >= 0.6 is 0 Å². The fourth-order valence-corrected chi connectivity index (χ4v) is 6.13. The van der Waals surface area contributed by atoms with Gasteiger partial charge in [0.25, 0.3) is 11.8 Å². The van der Waals surface area contributed by atoms with Crippen molar-refractivity contribution in [2.24, 2.45) is 5.92 Å². The van der Waals surface area contributed by atoms with Gasteiger partial charge in [0.2, 0.25) is 10.0 Å². The number of nitrogens with two attached hydrogens (primary N) is 1. The van der Waals surface area contributed by atoms with Crippen molar-refractivity contribution in [2.75, 3.05) is 33.0 Å². The molecular formula is C30H41N5O7S. The zero-order valence-electron chi connectivity index (χ0n) is 25.6. The Morgan fingerprint density at radius 3 is 2.16 bits per heavy atom. The van der Waals surface area contributed by atoms with Gasteiger partial charge in [-0.3, -0.25) is 9.59 Å². The lowest BCUT2D eigenvalue weighted by Gasteiger charge is -2.31. The first-order chi connectivity index (χ1) is 20.2. The minimum Gasteiger partial charge on any atom is -0.497 e. The Hall–Kier alpha value is -3.94. The standard InChI is InChI=1S/C30H41N5O7S/c1-18(2)16-35(43(38,39)26-10-8-25(40-6)9-11-26)17-28(41-7)20(4)34-30(37)23-12-22(13-24(31)14-23)29(36)32-15-27-19(3)33-21(5)42-27/h8-14,18,20,28H,15-17,31H2,1-7H3,(H,32,36)(H,34,37). The first-order valence-electron chi connectivity index (χ1n) is 13.8. The van der Waals surface area contributed by atoms with Crippen LogP contribution in [0.4, 0.5) is 5.69 Å². The van der Waals surface area contributed by atoms with Crippen LogP contribution in [0.25, 0.3) is 0 Å². The Kier molecular flexibility index (Phi) is 11.3. The molecule has 0 bridgehead atoms. The maximum absolute atomic E-state index is 13.6. The molecule has 12 nitrogen and oxygen atoms in total. The van der Waals surface area contributed by atoms with Gasteiger partial charge in [-0.15, -0.1) is 0 Å². The van der Waals surface area contributed by atoms with E-state index in [2.05, 4.69) is 15.6 Å². The number of carbonyl (C=O) groups is 2. The highest BCUT2D eigenvalue weighted by Gasteiger charge is 2.31. The lowest BCUT2D eigenvalue weighted by atomic mass is 10.1. The van der Waals surface area contributed by atoms with Crippen molar-refractivity contribution >= 4 is 27.5 Å². The molecule has 1 aromatic heterocycles. The SMILES string of the molecule is COc1ccc(S(=O)(=O)N(CC(C)C)CC(OC)C(C)NC(=O)c2cc(N)cc(C(=O)NCc3oc(C)nc3C)c2)cc1. The van der Waals surface area contributed by atoms with E-state index in [9.17, 15) is 18.0 Å². The molecule has 0 saturated carbocycles. The van der Waals surface area contributed by atoms with E-state index in [4.69, 9.17) is 19.6 Å². The number of nitrogens with one attached hydrogen (secondary N) is 2. The Balaban J connectivity index is 1.74. The number of aromatic nitrogens is 1. The zero-order chi connectivity index (χ0) is 31.9. The summed E-state index contributed by atoms with van der Waals surface area (Å²) >= 11 is 0. The van der Waals surface area contributed by atoms with E-state index in [0.717, 1.165) is 0 Å². The average Bonchev–Trinajstić information content (AvgIpc) is 3.29. The summed E-state index contributed by atoms with van der Waals surface area (Å²) in [7, 11) is -0.906. The molecule has 2 unspecified atom stereocenters. The molecule has 2 amide bonds. The fraction of sp³-hybridized carbons (Fsp3) is 0.433. The molecule has 2 atom stereocenters. The summed E-state index contributed by atoms with van der Waals surface area (Å²) in [6.07, 6.45) is -0.687. The molecule has 3 rings (SSSR count). The Morgan fingerprint density at radius 2 is 1.63 bits per heavy atom. The van der Waals surface area contributed by atoms with Gasteiger partial charge in [0.05, 0.1) is 36.4 Å². The van der Waals surface area contributed by atoms with Crippen LogP contribution in [0.3, 0.4) is 0 Å². The molecule has 2 aromatic carbocycles. The number of hydrogen-bond acceptors (Lipinski definition) is 9. The summed E-state index contributed by atoms with van der Waals surface area (Å²) < 4.78 is 44.8. The molecule has 43 heavy (non-hydrogen) atoms.